The summed E-state index contributed by atoms with van der Waals surface area (Å²) < 4.78 is 0. The standard InChI is InChI=1S/C2H4O.2K.2H/c1-2-3;;;;/h2H,1H3;;;;. The summed E-state index contributed by atoms with van der Waals surface area (Å²) in [7, 11) is 0. The Morgan fingerprint density at radius 1 is 1.40 bits per heavy atom. The SMILES string of the molecule is CC=O.[KH].[KH]. The molecule has 0 saturated heterocycles. The van der Waals surface area contributed by atoms with Gasteiger partial charge in [-0.05, 0) is 6.92 Å². The Morgan fingerprint density at radius 2 is 1.40 bits per heavy atom. The fourth-order valence-electron chi connectivity index (χ4n) is 0. The second-order valence-corrected chi connectivity index (χ2v) is 0.236. The molecule has 5 heavy (non-hydrogen) atoms. The summed E-state index contributed by atoms with van der Waals surface area (Å²) in [5.74, 6) is 0. The van der Waals surface area contributed by atoms with Crippen LogP contribution in [0.15, 0.2) is 0 Å². The maximum absolute atomic E-state index is 8.81. The number of carbonyl (C=O) groups is 1. The average Bonchev–Trinajstić information content (AvgIpc) is 0.918. The van der Waals surface area contributed by atoms with Gasteiger partial charge in [0.15, 0.2) is 0 Å². The number of aldehydes is 1. The van der Waals surface area contributed by atoms with E-state index in [2.05, 4.69) is 0 Å². The third kappa shape index (κ3) is 19.6. The molecule has 0 fully saturated rings. The second kappa shape index (κ2) is 15.8. The summed E-state index contributed by atoms with van der Waals surface area (Å²) in [4.78, 5) is 8.81. The summed E-state index contributed by atoms with van der Waals surface area (Å²) in [5, 5.41) is 0. The van der Waals surface area contributed by atoms with Gasteiger partial charge in [0.1, 0.15) is 6.29 Å². The number of hydrogen-bond acceptors (Lipinski definition) is 1. The number of hydrogen-bond donors (Lipinski definition) is 0. The molecular formula is C2H6K2O. The van der Waals surface area contributed by atoms with Gasteiger partial charge in [-0.15, -0.1) is 0 Å². The first-order chi connectivity index (χ1) is 1.41. The van der Waals surface area contributed by atoms with E-state index in [0.717, 1.165) is 6.29 Å². The second-order valence-electron chi connectivity index (χ2n) is 0.236. The van der Waals surface area contributed by atoms with Gasteiger partial charge in [0.05, 0.1) is 0 Å². The van der Waals surface area contributed by atoms with E-state index in [1.807, 2.05) is 0 Å². The molecule has 0 rings (SSSR count). The summed E-state index contributed by atoms with van der Waals surface area (Å²) in [5.41, 5.74) is 0. The molecular weight excluding hydrogens is 118 g/mol. The van der Waals surface area contributed by atoms with Crippen LogP contribution in [0.25, 0.3) is 0 Å². The fourth-order valence-corrected chi connectivity index (χ4v) is 0. The number of rotatable bonds is 0. The minimum absolute atomic E-state index is 0. The molecule has 0 bridgehead atoms. The van der Waals surface area contributed by atoms with E-state index < -0.39 is 0 Å². The fraction of sp³-hybridized carbons (Fsp3) is 0.500. The van der Waals surface area contributed by atoms with Gasteiger partial charge < -0.3 is 4.79 Å². The van der Waals surface area contributed by atoms with Crippen molar-refractivity contribution in [1.29, 1.82) is 0 Å². The van der Waals surface area contributed by atoms with Gasteiger partial charge in [-0.25, -0.2) is 0 Å². The van der Waals surface area contributed by atoms with Gasteiger partial charge in [0.25, 0.3) is 0 Å². The molecule has 0 aromatic carbocycles. The molecule has 0 atom stereocenters. The van der Waals surface area contributed by atoms with Crippen LogP contribution in [0.3, 0.4) is 0 Å². The zero-order valence-electron chi connectivity index (χ0n) is 1.99. The zero-order chi connectivity index (χ0) is 2.71. The van der Waals surface area contributed by atoms with Crippen LogP contribution in [-0.2, 0) is 4.79 Å². The first-order valence-corrected chi connectivity index (χ1v) is 0.813. The van der Waals surface area contributed by atoms with E-state index in [1.54, 1.807) is 0 Å². The number of carbonyl (C=O) groups excluding carboxylic acids is 1. The summed E-state index contributed by atoms with van der Waals surface area (Å²) in [6.45, 7) is 1.44. The molecule has 1 nitrogen and oxygen atoms in total. The van der Waals surface area contributed by atoms with E-state index in [1.165, 1.54) is 6.92 Å². The third-order valence-corrected chi connectivity index (χ3v) is 0. The van der Waals surface area contributed by atoms with Crippen LogP contribution in [0.1, 0.15) is 6.92 Å². The van der Waals surface area contributed by atoms with Crippen molar-refractivity contribution in [3.8, 4) is 0 Å². The molecule has 0 aliphatic heterocycles. The average molecular weight is 124 g/mol. The van der Waals surface area contributed by atoms with Crippen molar-refractivity contribution in [1.82, 2.24) is 0 Å². The predicted octanol–water partition coefficient (Wildman–Crippen LogP) is -1.09. The van der Waals surface area contributed by atoms with E-state index >= 15 is 0 Å². The molecule has 0 aliphatic rings. The van der Waals surface area contributed by atoms with Gasteiger partial charge in [-0.3, -0.25) is 0 Å². The van der Waals surface area contributed by atoms with Crippen LogP contribution >= 0.6 is 0 Å². The Hall–Kier alpha value is 2.94. The van der Waals surface area contributed by atoms with Crippen molar-refractivity contribution in [2.75, 3.05) is 0 Å². The minimum atomic E-state index is 0. The van der Waals surface area contributed by atoms with Crippen LogP contribution in [-0.4, -0.2) is 109 Å². The van der Waals surface area contributed by atoms with Crippen LogP contribution in [0.4, 0.5) is 0 Å². The van der Waals surface area contributed by atoms with E-state index in [-0.39, 0.29) is 103 Å². The predicted molar refractivity (Wildman–Crippen MR) is 26.0 cm³/mol. The molecule has 0 heterocycles. The molecule has 3 heteroatoms. The molecule has 0 aliphatic carbocycles. The monoisotopic (exact) mass is 124 g/mol. The van der Waals surface area contributed by atoms with Crippen LogP contribution in [0.5, 0.6) is 0 Å². The van der Waals surface area contributed by atoms with Crippen LogP contribution in [0.2, 0.25) is 0 Å². The molecule has 22 valence electrons. The zero-order valence-corrected chi connectivity index (χ0v) is 1.99. The molecule has 0 aromatic rings. The van der Waals surface area contributed by atoms with Gasteiger partial charge in [-0.1, -0.05) is 0 Å². The molecule has 0 radical (unpaired) electrons. The summed E-state index contributed by atoms with van der Waals surface area (Å²) >= 11 is 0. The van der Waals surface area contributed by atoms with E-state index in [0.29, 0.717) is 0 Å². The third-order valence-electron chi connectivity index (χ3n) is 0. The molecule has 0 amide bonds. The Kier molecular flexibility index (Phi) is 49.4. The normalized spacial score (nSPS) is 2.60. The Bertz CT molecular complexity index is 15.1. The van der Waals surface area contributed by atoms with Crippen molar-refractivity contribution >= 4 is 109 Å². The van der Waals surface area contributed by atoms with Crippen LogP contribution < -0.4 is 0 Å². The van der Waals surface area contributed by atoms with Crippen molar-refractivity contribution in [2.45, 2.75) is 6.92 Å². The van der Waals surface area contributed by atoms with Crippen LogP contribution in [0, 0.1) is 0 Å². The van der Waals surface area contributed by atoms with Crippen molar-refractivity contribution in [3.05, 3.63) is 0 Å². The summed E-state index contributed by atoms with van der Waals surface area (Å²) in [6.07, 6.45) is 0.750. The Balaban J connectivity index is -0.0000000200. The van der Waals surface area contributed by atoms with Gasteiger partial charge >= 0.3 is 103 Å². The van der Waals surface area contributed by atoms with Crippen molar-refractivity contribution < 1.29 is 4.79 Å². The summed E-state index contributed by atoms with van der Waals surface area (Å²) in [6, 6.07) is 0. The molecule has 0 N–H and O–H groups in total. The van der Waals surface area contributed by atoms with Gasteiger partial charge in [0, 0.05) is 0 Å². The molecule has 0 saturated carbocycles. The van der Waals surface area contributed by atoms with Crippen molar-refractivity contribution in [2.24, 2.45) is 0 Å². The molecule has 0 spiro atoms. The molecule has 0 unspecified atom stereocenters. The quantitative estimate of drug-likeness (QED) is 0.296. The maximum atomic E-state index is 8.81. The Labute approximate surface area is 117 Å². The van der Waals surface area contributed by atoms with E-state index in [4.69, 9.17) is 4.79 Å². The Morgan fingerprint density at radius 3 is 1.40 bits per heavy atom. The van der Waals surface area contributed by atoms with Gasteiger partial charge in [-0.2, -0.15) is 0 Å². The molecule has 0 aromatic heterocycles. The van der Waals surface area contributed by atoms with Crippen molar-refractivity contribution in [3.63, 3.8) is 0 Å². The first-order valence-electron chi connectivity index (χ1n) is 0.813. The van der Waals surface area contributed by atoms with E-state index in [9.17, 15) is 0 Å². The topological polar surface area (TPSA) is 17.1 Å². The first kappa shape index (κ1) is 15.7. The van der Waals surface area contributed by atoms with Gasteiger partial charge in [0.2, 0.25) is 0 Å².